The average Bonchev–Trinajstić information content (AvgIpc) is 2.82. The number of thiazole rings is 1. The molecule has 0 aliphatic carbocycles. The van der Waals surface area contributed by atoms with Crippen LogP contribution in [0.25, 0.3) is 0 Å². The Morgan fingerprint density at radius 3 is 2.58 bits per heavy atom. The number of nitrogens with zero attached hydrogens (tertiary/aromatic N) is 2. The molecule has 0 radical (unpaired) electrons. The highest BCUT2D eigenvalue weighted by molar-refractivity contribution is 7.09. The molecule has 1 aromatic rings. The van der Waals surface area contributed by atoms with E-state index in [1.165, 1.54) is 24.3 Å². The summed E-state index contributed by atoms with van der Waals surface area (Å²) < 4.78 is 0. The molecule has 0 bridgehead atoms. The maximum atomic E-state index is 4.47. The first-order chi connectivity index (χ1) is 9.26. The van der Waals surface area contributed by atoms with Crippen molar-refractivity contribution in [3.05, 3.63) is 16.1 Å². The highest BCUT2D eigenvalue weighted by Crippen LogP contribution is 2.11. The van der Waals surface area contributed by atoms with E-state index >= 15 is 0 Å². The van der Waals surface area contributed by atoms with E-state index in [9.17, 15) is 0 Å². The van der Waals surface area contributed by atoms with Crippen molar-refractivity contribution in [3.8, 4) is 0 Å². The first-order valence-corrected chi connectivity index (χ1v) is 7.99. The molecule has 5 heteroatoms. The zero-order chi connectivity index (χ0) is 13.9. The lowest BCUT2D eigenvalue weighted by Crippen LogP contribution is -2.38. The lowest BCUT2D eigenvalue weighted by molar-refractivity contribution is 0.682. The monoisotopic (exact) mass is 282 g/mol. The molecule has 0 atom stereocenters. The molecule has 108 valence electrons. The smallest absolute Gasteiger partial charge is 0.190 e. The van der Waals surface area contributed by atoms with Gasteiger partial charge in [-0.25, -0.2) is 4.98 Å². The van der Waals surface area contributed by atoms with Crippen molar-refractivity contribution in [2.45, 2.75) is 46.0 Å². The minimum atomic E-state index is 0.915. The zero-order valence-electron chi connectivity index (χ0n) is 12.3. The van der Waals surface area contributed by atoms with Gasteiger partial charge in [-0.05, 0) is 32.6 Å². The van der Waals surface area contributed by atoms with Gasteiger partial charge in [-0.1, -0.05) is 13.3 Å². The van der Waals surface area contributed by atoms with E-state index in [0.29, 0.717) is 0 Å². The summed E-state index contributed by atoms with van der Waals surface area (Å²) in [5, 5.41) is 10.0. The van der Waals surface area contributed by atoms with Gasteiger partial charge in [-0.2, -0.15) is 0 Å². The molecule has 19 heavy (non-hydrogen) atoms. The van der Waals surface area contributed by atoms with Crippen LogP contribution in [0.4, 0.5) is 0 Å². The normalized spacial score (nSPS) is 11.6. The fourth-order valence-corrected chi connectivity index (χ4v) is 2.55. The summed E-state index contributed by atoms with van der Waals surface area (Å²) >= 11 is 1.76. The summed E-state index contributed by atoms with van der Waals surface area (Å²) in [7, 11) is 1.82. The first-order valence-electron chi connectivity index (χ1n) is 7.11. The van der Waals surface area contributed by atoms with Crippen LogP contribution >= 0.6 is 11.3 Å². The number of guanidine groups is 1. The minimum Gasteiger partial charge on any atom is -0.356 e. The van der Waals surface area contributed by atoms with Gasteiger partial charge < -0.3 is 10.6 Å². The fraction of sp³-hybridized carbons (Fsp3) is 0.714. The predicted octanol–water partition coefficient (Wildman–Crippen LogP) is 2.74. The summed E-state index contributed by atoms with van der Waals surface area (Å²) in [6.07, 6.45) is 5.79. The van der Waals surface area contributed by atoms with E-state index in [-0.39, 0.29) is 0 Å². The lowest BCUT2D eigenvalue weighted by atomic mass is 10.2. The van der Waals surface area contributed by atoms with E-state index in [0.717, 1.165) is 37.6 Å². The lowest BCUT2D eigenvalue weighted by Gasteiger charge is -2.11. The van der Waals surface area contributed by atoms with Crippen LogP contribution in [0.1, 0.15) is 43.3 Å². The number of hydrogen-bond acceptors (Lipinski definition) is 3. The molecule has 0 saturated heterocycles. The maximum absolute atomic E-state index is 4.47. The largest absolute Gasteiger partial charge is 0.356 e. The zero-order valence-corrected chi connectivity index (χ0v) is 13.1. The van der Waals surface area contributed by atoms with Crippen molar-refractivity contribution in [2.75, 3.05) is 20.1 Å². The Labute approximate surface area is 120 Å². The molecule has 0 aliphatic rings. The van der Waals surface area contributed by atoms with Crippen LogP contribution in [0, 0.1) is 6.92 Å². The second kappa shape index (κ2) is 9.78. The van der Waals surface area contributed by atoms with E-state index < -0.39 is 0 Å². The second-order valence-corrected chi connectivity index (χ2v) is 5.56. The highest BCUT2D eigenvalue weighted by atomic mass is 32.1. The summed E-state index contributed by atoms with van der Waals surface area (Å²) in [5.41, 5.74) is 1.14. The Kier molecular flexibility index (Phi) is 8.21. The molecule has 0 aromatic carbocycles. The number of hydrogen-bond donors (Lipinski definition) is 2. The molecule has 4 nitrogen and oxygen atoms in total. The molecule has 1 heterocycles. The van der Waals surface area contributed by atoms with Crippen molar-refractivity contribution in [2.24, 2.45) is 4.99 Å². The Bertz CT molecular complexity index is 373. The Morgan fingerprint density at radius 1 is 1.26 bits per heavy atom. The SMILES string of the molecule is CCCCNC(=NC)NCCCCc1nc(C)cs1. The summed E-state index contributed by atoms with van der Waals surface area (Å²) in [6, 6.07) is 0. The number of aliphatic imine (C=N–C) groups is 1. The van der Waals surface area contributed by atoms with Crippen LogP contribution in [0.15, 0.2) is 10.4 Å². The van der Waals surface area contributed by atoms with Gasteiger partial charge in [-0.3, -0.25) is 4.99 Å². The Balaban J connectivity index is 2.05. The molecule has 0 spiro atoms. The van der Waals surface area contributed by atoms with Gasteiger partial charge in [0.15, 0.2) is 5.96 Å². The summed E-state index contributed by atoms with van der Waals surface area (Å²) in [6.45, 7) is 6.20. The van der Waals surface area contributed by atoms with Gasteiger partial charge in [0.1, 0.15) is 0 Å². The van der Waals surface area contributed by atoms with Gasteiger partial charge in [0.25, 0.3) is 0 Å². The third-order valence-corrected chi connectivity index (χ3v) is 3.85. The van der Waals surface area contributed by atoms with Crippen molar-refractivity contribution < 1.29 is 0 Å². The Morgan fingerprint density at radius 2 is 2.00 bits per heavy atom. The van der Waals surface area contributed by atoms with Gasteiger partial charge in [0.2, 0.25) is 0 Å². The van der Waals surface area contributed by atoms with Crippen LogP contribution in [-0.2, 0) is 6.42 Å². The number of nitrogens with one attached hydrogen (secondary N) is 2. The maximum Gasteiger partial charge on any atom is 0.190 e. The second-order valence-electron chi connectivity index (χ2n) is 4.62. The minimum absolute atomic E-state index is 0.915. The average molecular weight is 282 g/mol. The predicted molar refractivity (Wildman–Crippen MR) is 84.1 cm³/mol. The summed E-state index contributed by atoms with van der Waals surface area (Å²) in [5.74, 6) is 0.915. The number of rotatable bonds is 8. The van der Waals surface area contributed by atoms with E-state index in [2.05, 4.69) is 32.9 Å². The van der Waals surface area contributed by atoms with Crippen molar-refractivity contribution in [1.82, 2.24) is 15.6 Å². The molecule has 0 fully saturated rings. The van der Waals surface area contributed by atoms with Crippen molar-refractivity contribution >= 4 is 17.3 Å². The van der Waals surface area contributed by atoms with E-state index in [1.807, 2.05) is 14.0 Å². The molecular formula is C14H26N4S. The number of aromatic nitrogens is 1. The highest BCUT2D eigenvalue weighted by Gasteiger charge is 1.99. The molecule has 2 N–H and O–H groups in total. The number of aryl methyl sites for hydroxylation is 2. The third-order valence-electron chi connectivity index (χ3n) is 2.82. The molecule has 1 aromatic heterocycles. The van der Waals surface area contributed by atoms with Crippen LogP contribution < -0.4 is 10.6 Å². The van der Waals surface area contributed by atoms with Gasteiger partial charge in [0.05, 0.1) is 5.01 Å². The standard InChI is InChI=1S/C14H26N4S/c1-4-5-9-16-14(15-3)17-10-7-6-8-13-18-12(2)11-19-13/h11H,4-10H2,1-3H3,(H2,15,16,17). The van der Waals surface area contributed by atoms with Gasteiger partial charge in [-0.15, -0.1) is 11.3 Å². The van der Waals surface area contributed by atoms with Crippen LogP contribution in [-0.4, -0.2) is 31.1 Å². The van der Waals surface area contributed by atoms with Crippen molar-refractivity contribution in [1.29, 1.82) is 0 Å². The molecule has 0 unspecified atom stereocenters. The molecular weight excluding hydrogens is 256 g/mol. The van der Waals surface area contributed by atoms with E-state index in [1.54, 1.807) is 11.3 Å². The molecule has 1 rings (SSSR count). The topological polar surface area (TPSA) is 49.3 Å². The van der Waals surface area contributed by atoms with Crippen LogP contribution in [0.2, 0.25) is 0 Å². The van der Waals surface area contributed by atoms with Crippen LogP contribution in [0.3, 0.4) is 0 Å². The fourth-order valence-electron chi connectivity index (χ4n) is 1.73. The third kappa shape index (κ3) is 7.15. The number of unbranched alkanes of at least 4 members (excludes halogenated alkanes) is 2. The molecule has 0 aliphatic heterocycles. The van der Waals surface area contributed by atoms with Crippen LogP contribution in [0.5, 0.6) is 0 Å². The van der Waals surface area contributed by atoms with E-state index in [4.69, 9.17) is 0 Å². The first kappa shape index (κ1) is 16.0. The van der Waals surface area contributed by atoms with Crippen molar-refractivity contribution in [3.63, 3.8) is 0 Å². The molecule has 0 amide bonds. The summed E-state index contributed by atoms with van der Waals surface area (Å²) in [4.78, 5) is 8.67. The quantitative estimate of drug-likeness (QED) is 0.438. The van der Waals surface area contributed by atoms with Gasteiger partial charge in [0, 0.05) is 31.2 Å². The van der Waals surface area contributed by atoms with Gasteiger partial charge >= 0.3 is 0 Å². The Hall–Kier alpha value is -1.10. The molecule has 0 saturated carbocycles.